The number of rotatable bonds is 10. The van der Waals surface area contributed by atoms with E-state index in [0.717, 1.165) is 4.90 Å². The molecule has 3 N–H and O–H groups in total. The van der Waals surface area contributed by atoms with Gasteiger partial charge in [0.1, 0.15) is 0 Å². The summed E-state index contributed by atoms with van der Waals surface area (Å²) in [6.45, 7) is -1.01. The van der Waals surface area contributed by atoms with Crippen LogP contribution in [0.25, 0.3) is 0 Å². The van der Waals surface area contributed by atoms with Gasteiger partial charge in [0.05, 0.1) is 19.6 Å². The third-order valence-corrected chi connectivity index (χ3v) is 2.79. The lowest BCUT2D eigenvalue weighted by molar-refractivity contribution is -0.196. The summed E-state index contributed by atoms with van der Waals surface area (Å²) >= 11 is 0. The molecule has 1 aliphatic rings. The maximum Gasteiger partial charge on any atom is 0.346 e. The third-order valence-electron chi connectivity index (χ3n) is 2.79. The highest BCUT2D eigenvalue weighted by molar-refractivity contribution is 6.01. The van der Waals surface area contributed by atoms with Crippen LogP contribution in [0.2, 0.25) is 0 Å². The van der Waals surface area contributed by atoms with Crippen molar-refractivity contribution >= 4 is 29.7 Å². The number of hydroxylamine groups is 2. The van der Waals surface area contributed by atoms with E-state index < -0.39 is 42.8 Å². The number of nitrogens with zero attached hydrogens (tertiary/aromatic N) is 2. The number of nitrogens with one attached hydrogen (secondary N) is 1. The summed E-state index contributed by atoms with van der Waals surface area (Å²) < 4.78 is 0. The van der Waals surface area contributed by atoms with Crippen LogP contribution >= 0.6 is 0 Å². The fourth-order valence-electron chi connectivity index (χ4n) is 1.82. The molecule has 1 aliphatic heterocycles. The van der Waals surface area contributed by atoms with Gasteiger partial charge < -0.3 is 20.4 Å². The Morgan fingerprint density at radius 2 is 1.61 bits per heavy atom. The first kappa shape index (κ1) is 18.5. The minimum atomic E-state index is -1.17. The summed E-state index contributed by atoms with van der Waals surface area (Å²) in [6, 6.07) is 0. The second-order valence-corrected chi connectivity index (χ2v) is 4.72. The Labute approximate surface area is 130 Å². The van der Waals surface area contributed by atoms with E-state index in [1.54, 1.807) is 0 Å². The van der Waals surface area contributed by atoms with E-state index in [4.69, 9.17) is 10.2 Å². The molecule has 128 valence electrons. The fourth-order valence-corrected chi connectivity index (χ4v) is 1.82. The van der Waals surface area contributed by atoms with Crippen molar-refractivity contribution in [2.24, 2.45) is 0 Å². The van der Waals surface area contributed by atoms with Crippen molar-refractivity contribution in [3.8, 4) is 0 Å². The van der Waals surface area contributed by atoms with Crippen molar-refractivity contribution in [2.75, 3.05) is 32.7 Å². The molecule has 0 spiro atoms. The number of hydrogen-bond donors (Lipinski definition) is 3. The van der Waals surface area contributed by atoms with Crippen LogP contribution in [0, 0.1) is 0 Å². The first-order valence-electron chi connectivity index (χ1n) is 6.73. The zero-order valence-corrected chi connectivity index (χ0v) is 12.2. The predicted octanol–water partition coefficient (Wildman–Crippen LogP) is -2.35. The van der Waals surface area contributed by atoms with E-state index in [-0.39, 0.29) is 32.5 Å². The minimum absolute atomic E-state index is 0.00111. The third kappa shape index (κ3) is 6.84. The zero-order valence-electron chi connectivity index (χ0n) is 12.2. The van der Waals surface area contributed by atoms with Crippen molar-refractivity contribution in [1.29, 1.82) is 0 Å². The van der Waals surface area contributed by atoms with Crippen molar-refractivity contribution in [3.63, 3.8) is 0 Å². The maximum absolute atomic E-state index is 11.5. The topological polar surface area (TPSA) is 154 Å². The SMILES string of the molecule is O=C(O)CN(CCNCC(=O)ON1C(=O)CCC1=O)CC(=O)O. The highest BCUT2D eigenvalue weighted by Gasteiger charge is 2.32. The summed E-state index contributed by atoms with van der Waals surface area (Å²) in [7, 11) is 0. The van der Waals surface area contributed by atoms with E-state index in [1.807, 2.05) is 0 Å². The minimum Gasteiger partial charge on any atom is -0.480 e. The highest BCUT2D eigenvalue weighted by Crippen LogP contribution is 2.11. The molecule has 0 aromatic rings. The van der Waals surface area contributed by atoms with Crippen LogP contribution < -0.4 is 5.32 Å². The molecule has 0 aliphatic carbocycles. The van der Waals surface area contributed by atoms with E-state index in [2.05, 4.69) is 10.2 Å². The van der Waals surface area contributed by atoms with Gasteiger partial charge in [-0.15, -0.1) is 5.06 Å². The Hall–Kier alpha value is -2.53. The Morgan fingerprint density at radius 3 is 2.09 bits per heavy atom. The molecule has 1 heterocycles. The molecule has 11 nitrogen and oxygen atoms in total. The number of carboxylic acid groups (broad SMARTS) is 2. The fraction of sp³-hybridized carbons (Fsp3) is 0.583. The molecular formula is C12H17N3O8. The molecule has 0 aromatic carbocycles. The number of aliphatic carboxylic acids is 2. The molecule has 0 aromatic heterocycles. The molecule has 0 unspecified atom stereocenters. The van der Waals surface area contributed by atoms with Crippen LogP contribution in [-0.4, -0.2) is 82.6 Å². The van der Waals surface area contributed by atoms with Crippen LogP contribution in [-0.2, 0) is 28.8 Å². The Bertz CT molecular complexity index is 475. The van der Waals surface area contributed by atoms with Crippen molar-refractivity contribution in [3.05, 3.63) is 0 Å². The normalized spacial score (nSPS) is 14.4. The van der Waals surface area contributed by atoms with Crippen molar-refractivity contribution < 1.29 is 39.0 Å². The van der Waals surface area contributed by atoms with E-state index in [1.165, 1.54) is 0 Å². The number of amides is 2. The van der Waals surface area contributed by atoms with Crippen LogP contribution in [0.3, 0.4) is 0 Å². The van der Waals surface area contributed by atoms with Gasteiger partial charge in [-0.25, -0.2) is 4.79 Å². The Morgan fingerprint density at radius 1 is 1.09 bits per heavy atom. The summed E-state index contributed by atoms with van der Waals surface area (Å²) in [6.07, 6.45) is -0.00222. The van der Waals surface area contributed by atoms with Gasteiger partial charge in [-0.2, -0.15) is 0 Å². The quantitative estimate of drug-likeness (QED) is 0.293. The highest BCUT2D eigenvalue weighted by atomic mass is 16.7. The smallest absolute Gasteiger partial charge is 0.346 e. The monoisotopic (exact) mass is 331 g/mol. The molecule has 1 fully saturated rings. The lowest BCUT2D eigenvalue weighted by Crippen LogP contribution is -2.41. The molecular weight excluding hydrogens is 314 g/mol. The molecule has 23 heavy (non-hydrogen) atoms. The average molecular weight is 331 g/mol. The van der Waals surface area contributed by atoms with Gasteiger partial charge >= 0.3 is 17.9 Å². The van der Waals surface area contributed by atoms with E-state index in [0.29, 0.717) is 5.06 Å². The summed E-state index contributed by atoms with van der Waals surface area (Å²) in [5.41, 5.74) is 0. The van der Waals surface area contributed by atoms with Crippen LogP contribution in [0.15, 0.2) is 0 Å². The van der Waals surface area contributed by atoms with Crippen LogP contribution in [0.5, 0.6) is 0 Å². The lowest BCUT2D eigenvalue weighted by atomic mass is 10.4. The summed E-state index contributed by atoms with van der Waals surface area (Å²) in [4.78, 5) is 60.9. The summed E-state index contributed by atoms with van der Waals surface area (Å²) in [5, 5.41) is 20.3. The maximum atomic E-state index is 11.5. The molecule has 1 rings (SSSR count). The van der Waals surface area contributed by atoms with Crippen molar-refractivity contribution in [1.82, 2.24) is 15.3 Å². The Kier molecular flexibility index (Phi) is 7.09. The van der Waals surface area contributed by atoms with Gasteiger partial charge in [-0.3, -0.25) is 24.1 Å². The number of hydrogen-bond acceptors (Lipinski definition) is 8. The van der Waals surface area contributed by atoms with Gasteiger partial charge in [0, 0.05) is 25.9 Å². The molecule has 0 radical (unpaired) electrons. The van der Waals surface area contributed by atoms with Gasteiger partial charge in [0.15, 0.2) is 0 Å². The van der Waals surface area contributed by atoms with Gasteiger partial charge in [-0.05, 0) is 0 Å². The second-order valence-electron chi connectivity index (χ2n) is 4.72. The van der Waals surface area contributed by atoms with Crippen LogP contribution in [0.1, 0.15) is 12.8 Å². The van der Waals surface area contributed by atoms with E-state index >= 15 is 0 Å². The molecule has 2 amide bonds. The van der Waals surface area contributed by atoms with Crippen LogP contribution in [0.4, 0.5) is 0 Å². The number of carboxylic acids is 2. The average Bonchev–Trinajstić information content (AvgIpc) is 2.74. The van der Waals surface area contributed by atoms with Crippen molar-refractivity contribution in [2.45, 2.75) is 12.8 Å². The number of carbonyl (C=O) groups is 5. The molecule has 0 saturated carbocycles. The first-order valence-corrected chi connectivity index (χ1v) is 6.73. The second kappa shape index (κ2) is 8.80. The molecule has 0 atom stereocenters. The first-order chi connectivity index (χ1) is 10.8. The van der Waals surface area contributed by atoms with Gasteiger partial charge in [0.25, 0.3) is 11.8 Å². The van der Waals surface area contributed by atoms with Gasteiger partial charge in [-0.1, -0.05) is 0 Å². The van der Waals surface area contributed by atoms with Gasteiger partial charge in [0.2, 0.25) is 0 Å². The largest absolute Gasteiger partial charge is 0.480 e. The molecule has 11 heteroatoms. The molecule has 0 bridgehead atoms. The Balaban J connectivity index is 2.27. The molecule has 1 saturated heterocycles. The predicted molar refractivity (Wildman–Crippen MR) is 71.8 cm³/mol. The lowest BCUT2D eigenvalue weighted by Gasteiger charge is -2.18. The van der Waals surface area contributed by atoms with E-state index in [9.17, 15) is 24.0 Å². The summed E-state index contributed by atoms with van der Waals surface area (Å²) in [5.74, 6) is -4.36. The number of imide groups is 1. The zero-order chi connectivity index (χ0) is 17.4. The standard InChI is InChI=1S/C12H17N3O8/c16-8-1-2-9(17)15(8)23-12(22)5-13-3-4-14(6-10(18)19)7-11(20)21/h13H,1-7H2,(H,18,19)(H,20,21). The number of carbonyl (C=O) groups excluding carboxylic acids is 3.